The first kappa shape index (κ1) is 23.9. The molecule has 4 aromatic rings. The van der Waals surface area contributed by atoms with Crippen molar-refractivity contribution in [1.82, 2.24) is 15.2 Å². The molecule has 1 aliphatic rings. The third-order valence-corrected chi connectivity index (χ3v) is 6.44. The number of halogens is 3. The number of aromatic nitrogens is 3. The molecule has 0 saturated heterocycles. The lowest BCUT2D eigenvalue weighted by Crippen LogP contribution is -2.30. The second-order valence-electron chi connectivity index (χ2n) is 9.23. The van der Waals surface area contributed by atoms with Crippen LogP contribution in [0.1, 0.15) is 51.0 Å². The standard InChI is InChI=1S/C27H22Cl3N3O2/c1-14(2)24-32-33-26(34-24)21-13-27(3,4)35-25-20(21)12-19(15-5-7-16(28)8-6-15)23(31-25)18-10-9-17(29)11-22(18)30/h5-14H,1-4H3. The summed E-state index contributed by atoms with van der Waals surface area (Å²) in [5.41, 5.74) is 4.05. The van der Waals surface area contributed by atoms with Crippen molar-refractivity contribution >= 4 is 40.4 Å². The van der Waals surface area contributed by atoms with Crippen molar-refractivity contribution in [1.29, 1.82) is 0 Å². The number of nitrogens with zero attached hydrogens (tertiary/aromatic N) is 3. The maximum absolute atomic E-state index is 6.61. The molecule has 0 aliphatic carbocycles. The molecule has 178 valence electrons. The summed E-state index contributed by atoms with van der Waals surface area (Å²) in [6, 6.07) is 14.9. The first-order valence-electron chi connectivity index (χ1n) is 11.1. The number of ether oxygens (including phenoxy) is 1. The van der Waals surface area contributed by atoms with Gasteiger partial charge in [0.05, 0.1) is 16.3 Å². The Bertz CT molecular complexity index is 1460. The van der Waals surface area contributed by atoms with Crippen molar-refractivity contribution < 1.29 is 9.15 Å². The van der Waals surface area contributed by atoms with Crippen molar-refractivity contribution in [2.45, 2.75) is 39.2 Å². The van der Waals surface area contributed by atoms with Crippen LogP contribution in [0, 0.1) is 0 Å². The number of benzene rings is 2. The van der Waals surface area contributed by atoms with E-state index in [9.17, 15) is 0 Å². The summed E-state index contributed by atoms with van der Waals surface area (Å²) in [7, 11) is 0. The second kappa shape index (κ2) is 8.98. The summed E-state index contributed by atoms with van der Waals surface area (Å²) in [5.74, 6) is 1.56. The lowest BCUT2D eigenvalue weighted by atomic mass is 9.92. The van der Waals surface area contributed by atoms with Gasteiger partial charge in [-0.2, -0.15) is 0 Å². The van der Waals surface area contributed by atoms with E-state index in [1.807, 2.05) is 70.2 Å². The van der Waals surface area contributed by atoms with Crippen LogP contribution in [-0.4, -0.2) is 20.8 Å². The predicted octanol–water partition coefficient (Wildman–Crippen LogP) is 8.48. The molecule has 5 nitrogen and oxygen atoms in total. The van der Waals surface area contributed by atoms with Crippen molar-refractivity contribution in [3.05, 3.63) is 87.0 Å². The summed E-state index contributed by atoms with van der Waals surface area (Å²) in [6.45, 7) is 7.94. The van der Waals surface area contributed by atoms with E-state index in [2.05, 4.69) is 10.2 Å². The monoisotopic (exact) mass is 525 g/mol. The Hall–Kier alpha value is -2.86. The van der Waals surface area contributed by atoms with Gasteiger partial charge in [-0.25, -0.2) is 4.98 Å². The zero-order valence-electron chi connectivity index (χ0n) is 19.6. The molecule has 35 heavy (non-hydrogen) atoms. The van der Waals surface area contributed by atoms with Gasteiger partial charge in [0.1, 0.15) is 5.60 Å². The van der Waals surface area contributed by atoms with E-state index in [1.54, 1.807) is 12.1 Å². The number of rotatable bonds is 4. The summed E-state index contributed by atoms with van der Waals surface area (Å²) in [5, 5.41) is 10.2. The third kappa shape index (κ3) is 4.68. The summed E-state index contributed by atoms with van der Waals surface area (Å²) in [4.78, 5) is 4.97. The Morgan fingerprint density at radius 2 is 1.54 bits per heavy atom. The number of hydrogen-bond donors (Lipinski definition) is 0. The van der Waals surface area contributed by atoms with Gasteiger partial charge in [0, 0.05) is 32.7 Å². The van der Waals surface area contributed by atoms with Crippen LogP contribution in [0.2, 0.25) is 15.1 Å². The van der Waals surface area contributed by atoms with Gasteiger partial charge in [-0.05, 0) is 61.9 Å². The highest BCUT2D eigenvalue weighted by atomic mass is 35.5. The normalized spacial score (nSPS) is 14.5. The molecule has 3 heterocycles. The number of pyridine rings is 1. The van der Waals surface area contributed by atoms with Gasteiger partial charge in [0.15, 0.2) is 0 Å². The smallest absolute Gasteiger partial charge is 0.248 e. The summed E-state index contributed by atoms with van der Waals surface area (Å²) < 4.78 is 12.3. The van der Waals surface area contributed by atoms with Crippen LogP contribution in [0.5, 0.6) is 5.88 Å². The Kier molecular flexibility index (Phi) is 6.12. The van der Waals surface area contributed by atoms with Crippen LogP contribution in [0.15, 0.2) is 59.0 Å². The Labute approximate surface area is 218 Å². The molecule has 0 radical (unpaired) electrons. The van der Waals surface area contributed by atoms with Gasteiger partial charge in [-0.15, -0.1) is 10.2 Å². The molecule has 2 aromatic carbocycles. The third-order valence-electron chi connectivity index (χ3n) is 5.64. The highest BCUT2D eigenvalue weighted by molar-refractivity contribution is 6.36. The van der Waals surface area contributed by atoms with Crippen molar-refractivity contribution in [2.75, 3.05) is 0 Å². The van der Waals surface area contributed by atoms with Crippen LogP contribution in [0.3, 0.4) is 0 Å². The topological polar surface area (TPSA) is 61.0 Å². The summed E-state index contributed by atoms with van der Waals surface area (Å²) >= 11 is 18.9. The lowest BCUT2D eigenvalue weighted by molar-refractivity contribution is 0.150. The first-order valence-corrected chi connectivity index (χ1v) is 12.3. The molecule has 0 spiro atoms. The molecule has 8 heteroatoms. The van der Waals surface area contributed by atoms with E-state index >= 15 is 0 Å². The fourth-order valence-corrected chi connectivity index (χ4v) is 4.59. The fraction of sp³-hybridized carbons (Fsp3) is 0.222. The molecular weight excluding hydrogens is 505 g/mol. The predicted molar refractivity (Wildman–Crippen MR) is 140 cm³/mol. The number of fused-ring (bicyclic) bond motifs is 1. The van der Waals surface area contributed by atoms with E-state index in [4.69, 9.17) is 48.9 Å². The highest BCUT2D eigenvalue weighted by Crippen LogP contribution is 2.44. The van der Waals surface area contributed by atoms with E-state index in [-0.39, 0.29) is 5.92 Å². The van der Waals surface area contributed by atoms with E-state index < -0.39 is 5.60 Å². The molecule has 5 rings (SSSR count). The van der Waals surface area contributed by atoms with Gasteiger partial charge in [-0.1, -0.05) is 60.8 Å². The van der Waals surface area contributed by atoms with Crippen LogP contribution in [0.4, 0.5) is 0 Å². The molecule has 1 aliphatic heterocycles. The van der Waals surface area contributed by atoms with Crippen molar-refractivity contribution in [3.8, 4) is 28.3 Å². The Morgan fingerprint density at radius 3 is 2.20 bits per heavy atom. The van der Waals surface area contributed by atoms with Gasteiger partial charge in [0.2, 0.25) is 17.7 Å². The largest absolute Gasteiger partial charge is 0.467 e. The lowest BCUT2D eigenvalue weighted by Gasteiger charge is -2.30. The second-order valence-corrected chi connectivity index (χ2v) is 10.5. The Balaban J connectivity index is 1.77. The number of hydrogen-bond acceptors (Lipinski definition) is 5. The zero-order chi connectivity index (χ0) is 24.9. The zero-order valence-corrected chi connectivity index (χ0v) is 21.8. The molecule has 0 unspecified atom stereocenters. The molecule has 0 amide bonds. The van der Waals surface area contributed by atoms with E-state index in [0.717, 1.165) is 27.8 Å². The average Bonchev–Trinajstić information content (AvgIpc) is 3.29. The SMILES string of the molecule is CC(C)c1nnc(C2=CC(C)(C)Oc3nc(-c4ccc(Cl)cc4Cl)c(-c4ccc(Cl)cc4)cc32)o1. The van der Waals surface area contributed by atoms with Crippen LogP contribution >= 0.6 is 34.8 Å². The van der Waals surface area contributed by atoms with Gasteiger partial charge < -0.3 is 9.15 Å². The molecule has 0 atom stereocenters. The molecule has 2 aromatic heterocycles. The van der Waals surface area contributed by atoms with Crippen molar-refractivity contribution in [2.24, 2.45) is 0 Å². The minimum absolute atomic E-state index is 0.112. The molecule has 0 fully saturated rings. The van der Waals surface area contributed by atoms with Gasteiger partial charge in [-0.3, -0.25) is 0 Å². The maximum atomic E-state index is 6.61. The Morgan fingerprint density at radius 1 is 0.829 bits per heavy atom. The van der Waals surface area contributed by atoms with E-state index in [1.165, 1.54) is 0 Å². The first-order chi connectivity index (χ1) is 16.6. The van der Waals surface area contributed by atoms with Crippen LogP contribution in [0.25, 0.3) is 28.0 Å². The van der Waals surface area contributed by atoms with Gasteiger partial charge >= 0.3 is 0 Å². The molecule has 0 saturated carbocycles. The summed E-state index contributed by atoms with van der Waals surface area (Å²) in [6.07, 6.45) is 1.98. The van der Waals surface area contributed by atoms with Gasteiger partial charge in [0.25, 0.3) is 0 Å². The quantitative estimate of drug-likeness (QED) is 0.267. The van der Waals surface area contributed by atoms with Crippen molar-refractivity contribution in [3.63, 3.8) is 0 Å². The van der Waals surface area contributed by atoms with E-state index in [0.29, 0.717) is 38.4 Å². The maximum Gasteiger partial charge on any atom is 0.248 e. The van der Waals surface area contributed by atoms with Crippen LogP contribution in [-0.2, 0) is 0 Å². The highest BCUT2D eigenvalue weighted by Gasteiger charge is 2.33. The minimum atomic E-state index is -0.648. The minimum Gasteiger partial charge on any atom is -0.467 e. The molecular formula is C27H22Cl3N3O2. The molecule has 0 bridgehead atoms. The fourth-order valence-electron chi connectivity index (χ4n) is 3.96. The van der Waals surface area contributed by atoms with Crippen LogP contribution < -0.4 is 4.74 Å². The average molecular weight is 527 g/mol. The molecule has 0 N–H and O–H groups in total.